The van der Waals surface area contributed by atoms with Crippen LogP contribution in [0.1, 0.15) is 0 Å². The van der Waals surface area contributed by atoms with Crippen molar-refractivity contribution in [1.82, 2.24) is 9.55 Å². The van der Waals surface area contributed by atoms with Gasteiger partial charge in [0.15, 0.2) is 4.77 Å². The maximum absolute atomic E-state index is 5.58. The Kier molecular flexibility index (Phi) is 3.35. The molecule has 1 heterocycles. The number of para-hydroxylation sites is 1. The van der Waals surface area contributed by atoms with E-state index in [1.807, 2.05) is 53.1 Å². The monoisotopic (exact) mass is 348 g/mol. The zero-order valence-electron chi connectivity index (χ0n) is 9.76. The summed E-state index contributed by atoms with van der Waals surface area (Å²) in [6.45, 7) is 0. The number of H-pyrrole nitrogens is 1. The summed E-state index contributed by atoms with van der Waals surface area (Å²) in [4.78, 5) is 3.22. The molecule has 2 aromatic carbocycles. The Morgan fingerprint density at radius 1 is 1.00 bits per heavy atom. The number of hydrogen-bond donors (Lipinski definition) is 1. The van der Waals surface area contributed by atoms with Crippen molar-refractivity contribution in [2.75, 3.05) is 0 Å². The number of aromatic nitrogens is 2. The van der Waals surface area contributed by atoms with Gasteiger partial charge >= 0.3 is 0 Å². The molecule has 2 nitrogen and oxygen atoms in total. The average Bonchev–Trinajstić information content (AvgIpc) is 2.41. The van der Waals surface area contributed by atoms with Gasteiger partial charge in [0.2, 0.25) is 0 Å². The zero-order valence-corrected chi connectivity index (χ0v) is 13.0. The largest absolute Gasteiger partial charge is 0.331 e. The van der Waals surface area contributed by atoms with Crippen molar-refractivity contribution in [1.29, 1.82) is 0 Å². The van der Waals surface area contributed by atoms with Gasteiger partial charge in [-0.25, -0.2) is 0 Å². The van der Waals surface area contributed by atoms with Gasteiger partial charge in [-0.3, -0.25) is 4.57 Å². The number of fused-ring (bicyclic) bond motifs is 1. The number of halogens is 1. The van der Waals surface area contributed by atoms with Crippen molar-refractivity contribution in [3.8, 4) is 5.69 Å². The van der Waals surface area contributed by atoms with Gasteiger partial charge in [-0.15, -0.1) is 0 Å². The van der Waals surface area contributed by atoms with E-state index in [2.05, 4.69) is 20.9 Å². The molecule has 3 rings (SSSR count). The van der Waals surface area contributed by atoms with Crippen LogP contribution in [-0.2, 0) is 0 Å². The maximum Gasteiger partial charge on any atom is 0.183 e. The molecule has 0 aliphatic rings. The first-order valence-electron chi connectivity index (χ1n) is 5.67. The average molecular weight is 349 g/mol. The van der Waals surface area contributed by atoms with E-state index >= 15 is 0 Å². The molecule has 0 fully saturated rings. The third kappa shape index (κ3) is 2.29. The Balaban J connectivity index is 2.44. The Morgan fingerprint density at radius 3 is 2.47 bits per heavy atom. The van der Waals surface area contributed by atoms with Gasteiger partial charge in [0.25, 0.3) is 0 Å². The molecule has 94 valence electrons. The molecule has 0 spiro atoms. The molecular weight excluding hydrogens is 340 g/mol. The van der Waals surface area contributed by atoms with Crippen LogP contribution >= 0.6 is 40.4 Å². The highest BCUT2D eigenvalue weighted by molar-refractivity contribution is 9.10. The minimum Gasteiger partial charge on any atom is -0.331 e. The normalized spacial score (nSPS) is 10.8. The summed E-state index contributed by atoms with van der Waals surface area (Å²) in [5, 5.41) is 0.974. The standard InChI is InChI=1S/C14H9BrN2S2/c15-9-6-7-12-11(8-9)13(18)17(14(19)16-12)10-4-2-1-3-5-10/h1-8H,(H,16,19). The number of benzene rings is 2. The predicted octanol–water partition coefficient (Wildman–Crippen LogP) is 5.18. The highest BCUT2D eigenvalue weighted by atomic mass is 79.9. The van der Waals surface area contributed by atoms with Crippen LogP contribution in [0.25, 0.3) is 16.6 Å². The first kappa shape index (κ1) is 12.7. The lowest BCUT2D eigenvalue weighted by Crippen LogP contribution is -2.01. The Bertz CT molecular complexity index is 866. The Labute approximate surface area is 128 Å². The van der Waals surface area contributed by atoms with Crippen molar-refractivity contribution < 1.29 is 0 Å². The summed E-state index contributed by atoms with van der Waals surface area (Å²) in [7, 11) is 0. The summed E-state index contributed by atoms with van der Waals surface area (Å²) in [5.41, 5.74) is 1.92. The zero-order chi connectivity index (χ0) is 13.4. The third-order valence-electron chi connectivity index (χ3n) is 2.87. The SMILES string of the molecule is S=c1[nH]c2ccc(Br)cc2c(=S)n1-c1ccccc1. The van der Waals surface area contributed by atoms with E-state index in [-0.39, 0.29) is 0 Å². The topological polar surface area (TPSA) is 20.7 Å². The van der Waals surface area contributed by atoms with Gasteiger partial charge in [0.1, 0.15) is 4.64 Å². The van der Waals surface area contributed by atoms with E-state index in [4.69, 9.17) is 24.4 Å². The lowest BCUT2D eigenvalue weighted by atomic mass is 10.2. The quantitative estimate of drug-likeness (QED) is 0.611. The fraction of sp³-hybridized carbons (Fsp3) is 0. The molecule has 0 bridgehead atoms. The van der Waals surface area contributed by atoms with Crippen LogP contribution in [0, 0.1) is 9.41 Å². The molecule has 0 saturated carbocycles. The van der Waals surface area contributed by atoms with Crippen LogP contribution in [-0.4, -0.2) is 9.55 Å². The molecule has 19 heavy (non-hydrogen) atoms. The van der Waals surface area contributed by atoms with Gasteiger partial charge in [-0.1, -0.05) is 46.3 Å². The molecule has 0 radical (unpaired) electrons. The third-order valence-corrected chi connectivity index (χ3v) is 4.05. The molecule has 0 aliphatic heterocycles. The summed E-state index contributed by atoms with van der Waals surface area (Å²) in [6.07, 6.45) is 0. The van der Waals surface area contributed by atoms with Crippen LogP contribution in [0.2, 0.25) is 0 Å². The molecule has 0 aliphatic carbocycles. The highest BCUT2D eigenvalue weighted by Gasteiger charge is 2.04. The van der Waals surface area contributed by atoms with Crippen molar-refractivity contribution in [3.63, 3.8) is 0 Å². The van der Waals surface area contributed by atoms with E-state index in [0.29, 0.717) is 9.41 Å². The fourth-order valence-corrected chi connectivity index (χ4v) is 3.09. The smallest absolute Gasteiger partial charge is 0.183 e. The number of rotatable bonds is 1. The molecule has 1 aromatic heterocycles. The van der Waals surface area contributed by atoms with Crippen molar-refractivity contribution >= 4 is 51.3 Å². The second-order valence-electron chi connectivity index (χ2n) is 4.10. The van der Waals surface area contributed by atoms with Crippen LogP contribution in [0.15, 0.2) is 53.0 Å². The second-order valence-corrected chi connectivity index (χ2v) is 5.79. The molecule has 1 N–H and O–H groups in total. The fourth-order valence-electron chi connectivity index (χ4n) is 2.00. The van der Waals surface area contributed by atoms with Gasteiger partial charge in [0, 0.05) is 15.5 Å². The second kappa shape index (κ2) is 5.00. The summed E-state index contributed by atoms with van der Waals surface area (Å²) >= 11 is 14.5. The first-order valence-corrected chi connectivity index (χ1v) is 7.28. The van der Waals surface area contributed by atoms with Crippen molar-refractivity contribution in [2.24, 2.45) is 0 Å². The van der Waals surface area contributed by atoms with Crippen molar-refractivity contribution in [3.05, 3.63) is 62.4 Å². The molecule has 3 aromatic rings. The van der Waals surface area contributed by atoms with E-state index < -0.39 is 0 Å². The van der Waals surface area contributed by atoms with Crippen LogP contribution in [0.3, 0.4) is 0 Å². The molecular formula is C14H9BrN2S2. The van der Waals surface area contributed by atoms with Crippen LogP contribution in [0.5, 0.6) is 0 Å². The minimum atomic E-state index is 0.603. The van der Waals surface area contributed by atoms with E-state index in [0.717, 1.165) is 21.1 Å². The van der Waals surface area contributed by atoms with E-state index in [1.165, 1.54) is 0 Å². The summed E-state index contributed by atoms with van der Waals surface area (Å²) in [6, 6.07) is 15.8. The lowest BCUT2D eigenvalue weighted by molar-refractivity contribution is 0.966. The van der Waals surface area contributed by atoms with Gasteiger partial charge in [0.05, 0.1) is 5.52 Å². The number of hydrogen-bond acceptors (Lipinski definition) is 2. The van der Waals surface area contributed by atoms with Crippen LogP contribution in [0.4, 0.5) is 0 Å². The summed E-state index contributed by atoms with van der Waals surface area (Å²) < 4.78 is 4.19. The molecule has 5 heteroatoms. The van der Waals surface area contributed by atoms with Crippen molar-refractivity contribution in [2.45, 2.75) is 0 Å². The Morgan fingerprint density at radius 2 is 1.74 bits per heavy atom. The van der Waals surface area contributed by atoms with Crippen LogP contribution < -0.4 is 0 Å². The molecule has 0 amide bonds. The highest BCUT2D eigenvalue weighted by Crippen LogP contribution is 2.21. The van der Waals surface area contributed by atoms with Gasteiger partial charge in [-0.05, 0) is 42.5 Å². The minimum absolute atomic E-state index is 0.603. The maximum atomic E-state index is 5.58. The Hall–Kier alpha value is -1.30. The number of nitrogens with one attached hydrogen (secondary N) is 1. The predicted molar refractivity (Wildman–Crippen MR) is 87.0 cm³/mol. The summed E-state index contributed by atoms with van der Waals surface area (Å²) in [5.74, 6) is 0. The first-order chi connectivity index (χ1) is 9.16. The number of aromatic amines is 1. The van der Waals surface area contributed by atoms with Gasteiger partial charge < -0.3 is 4.98 Å². The van der Waals surface area contributed by atoms with E-state index in [9.17, 15) is 0 Å². The van der Waals surface area contributed by atoms with Gasteiger partial charge in [-0.2, -0.15) is 0 Å². The molecule has 0 atom stereocenters. The lowest BCUT2D eigenvalue weighted by Gasteiger charge is -2.10. The molecule has 0 unspecified atom stereocenters. The van der Waals surface area contributed by atoms with E-state index in [1.54, 1.807) is 0 Å². The molecule has 0 saturated heterocycles. The number of nitrogens with zero attached hydrogens (tertiary/aromatic N) is 1.